The average Bonchev–Trinajstić information content (AvgIpc) is 2.44. The maximum Gasteiger partial charge on any atom is 0.270 e. The number of nitrogens with zero attached hydrogens (tertiary/aromatic N) is 2. The monoisotopic (exact) mass is 291 g/mol. The molecule has 1 amide bonds. The molecule has 1 aromatic rings. The second kappa shape index (κ2) is 6.11. The molecule has 2 atom stereocenters. The Hall–Kier alpha value is -2.11. The molecule has 1 aliphatic heterocycles. The van der Waals surface area contributed by atoms with E-state index in [9.17, 15) is 14.9 Å². The largest absolute Gasteiger partial charge is 0.387 e. The lowest BCUT2D eigenvalue weighted by Crippen LogP contribution is -2.42. The zero-order valence-electron chi connectivity index (χ0n) is 12.6. The van der Waals surface area contributed by atoms with Gasteiger partial charge in [-0.1, -0.05) is 13.8 Å². The molecule has 6 heteroatoms. The lowest BCUT2D eigenvalue weighted by molar-refractivity contribution is -0.384. The number of carbonyl (C=O) groups is 1. The third kappa shape index (κ3) is 3.32. The minimum Gasteiger partial charge on any atom is -0.387 e. The molecule has 114 valence electrons. The molecular weight excluding hydrogens is 270 g/mol. The number of likely N-dealkylation sites (tertiary alicyclic amines) is 1. The van der Waals surface area contributed by atoms with Gasteiger partial charge in [0.05, 0.1) is 10.5 Å². The van der Waals surface area contributed by atoms with Crippen molar-refractivity contribution in [1.82, 2.24) is 4.90 Å². The van der Waals surface area contributed by atoms with Gasteiger partial charge in [-0.15, -0.1) is 0 Å². The van der Waals surface area contributed by atoms with E-state index in [1.165, 1.54) is 12.1 Å². The Morgan fingerprint density at radius 2 is 1.95 bits per heavy atom. The summed E-state index contributed by atoms with van der Waals surface area (Å²) >= 11 is 0. The first-order valence-corrected chi connectivity index (χ1v) is 7.17. The second-order valence-electron chi connectivity index (χ2n) is 5.89. The summed E-state index contributed by atoms with van der Waals surface area (Å²) in [6, 6.07) is 4.35. The summed E-state index contributed by atoms with van der Waals surface area (Å²) in [6.45, 7) is 5.66. The molecule has 1 saturated heterocycles. The maximum absolute atomic E-state index is 12.7. The van der Waals surface area contributed by atoms with E-state index in [1.807, 2.05) is 0 Å². The third-order valence-electron chi connectivity index (χ3n) is 3.87. The number of non-ortho nitro benzene ring substituents is 1. The lowest BCUT2D eigenvalue weighted by Gasteiger charge is -2.35. The molecule has 0 saturated carbocycles. The number of anilines is 1. The van der Waals surface area contributed by atoms with Crippen LogP contribution in [0.25, 0.3) is 0 Å². The third-order valence-corrected chi connectivity index (χ3v) is 3.87. The number of hydrogen-bond acceptors (Lipinski definition) is 4. The Kier molecular flexibility index (Phi) is 4.45. The Morgan fingerprint density at radius 3 is 2.48 bits per heavy atom. The van der Waals surface area contributed by atoms with Crippen LogP contribution >= 0.6 is 0 Å². The van der Waals surface area contributed by atoms with Crippen LogP contribution in [0.3, 0.4) is 0 Å². The van der Waals surface area contributed by atoms with E-state index >= 15 is 0 Å². The molecule has 0 aromatic heterocycles. The molecule has 21 heavy (non-hydrogen) atoms. The number of hydrogen-bond donors (Lipinski definition) is 1. The highest BCUT2D eigenvalue weighted by Crippen LogP contribution is 2.27. The zero-order chi connectivity index (χ0) is 15.6. The van der Waals surface area contributed by atoms with Gasteiger partial charge < -0.3 is 10.2 Å². The van der Waals surface area contributed by atoms with Gasteiger partial charge in [0.25, 0.3) is 11.6 Å². The van der Waals surface area contributed by atoms with Crippen LogP contribution in [0.1, 0.15) is 30.6 Å². The van der Waals surface area contributed by atoms with E-state index in [1.54, 1.807) is 18.0 Å². The highest BCUT2D eigenvalue weighted by molar-refractivity contribution is 6.00. The van der Waals surface area contributed by atoms with Crippen molar-refractivity contribution in [2.45, 2.75) is 20.3 Å². The first kappa shape index (κ1) is 15.3. The van der Waals surface area contributed by atoms with Crippen LogP contribution in [0.4, 0.5) is 11.4 Å². The quantitative estimate of drug-likeness (QED) is 0.686. The number of carbonyl (C=O) groups excluding carboxylic acids is 1. The minimum atomic E-state index is -0.475. The number of piperidine rings is 1. The number of nitro benzene ring substituents is 1. The highest BCUT2D eigenvalue weighted by atomic mass is 16.6. The molecular formula is C15H21N3O3. The number of rotatable bonds is 3. The van der Waals surface area contributed by atoms with Gasteiger partial charge in [-0.2, -0.15) is 0 Å². The molecule has 6 nitrogen and oxygen atoms in total. The Morgan fingerprint density at radius 1 is 1.33 bits per heavy atom. The van der Waals surface area contributed by atoms with Gasteiger partial charge in [0, 0.05) is 38.0 Å². The van der Waals surface area contributed by atoms with E-state index in [-0.39, 0.29) is 11.6 Å². The molecule has 2 rings (SSSR count). The molecule has 0 bridgehead atoms. The van der Waals surface area contributed by atoms with Gasteiger partial charge in [0.2, 0.25) is 0 Å². The van der Waals surface area contributed by atoms with Crippen LogP contribution in [0.5, 0.6) is 0 Å². The van der Waals surface area contributed by atoms with Crippen LogP contribution in [0, 0.1) is 22.0 Å². The molecule has 0 unspecified atom stereocenters. The Balaban J connectivity index is 2.32. The van der Waals surface area contributed by atoms with Crippen molar-refractivity contribution < 1.29 is 9.72 Å². The van der Waals surface area contributed by atoms with Crippen LogP contribution in [0.2, 0.25) is 0 Å². The van der Waals surface area contributed by atoms with Gasteiger partial charge >= 0.3 is 0 Å². The van der Waals surface area contributed by atoms with Crippen LogP contribution < -0.4 is 5.32 Å². The standard InChI is InChI=1S/C15H21N3O3/c1-10-6-11(2)9-17(8-10)15(19)13-7-12(18(20)21)4-5-14(13)16-3/h4-5,7,10-11,16H,6,8-9H2,1-3H3/t10-,11-/m0/s1. The fourth-order valence-corrected chi connectivity index (χ4v) is 3.04. The predicted molar refractivity (Wildman–Crippen MR) is 81.5 cm³/mol. The summed E-state index contributed by atoms with van der Waals surface area (Å²) < 4.78 is 0. The average molecular weight is 291 g/mol. The first-order chi connectivity index (χ1) is 9.92. The molecule has 1 N–H and O–H groups in total. The number of amides is 1. The normalized spacial score (nSPS) is 22.0. The van der Waals surface area contributed by atoms with E-state index in [4.69, 9.17) is 0 Å². The van der Waals surface area contributed by atoms with Crippen molar-refractivity contribution in [3.63, 3.8) is 0 Å². The van der Waals surface area contributed by atoms with E-state index in [0.29, 0.717) is 36.2 Å². The molecule has 1 aliphatic rings. The van der Waals surface area contributed by atoms with Crippen molar-refractivity contribution in [1.29, 1.82) is 0 Å². The number of nitro groups is 1. The van der Waals surface area contributed by atoms with Crippen LogP contribution in [-0.4, -0.2) is 35.9 Å². The fourth-order valence-electron chi connectivity index (χ4n) is 3.04. The predicted octanol–water partition coefficient (Wildman–Crippen LogP) is 2.75. The zero-order valence-corrected chi connectivity index (χ0v) is 12.6. The number of benzene rings is 1. The molecule has 1 fully saturated rings. The maximum atomic E-state index is 12.7. The summed E-state index contributed by atoms with van der Waals surface area (Å²) in [7, 11) is 1.71. The second-order valence-corrected chi connectivity index (χ2v) is 5.89. The van der Waals surface area contributed by atoms with Gasteiger partial charge in [-0.05, 0) is 24.3 Å². The van der Waals surface area contributed by atoms with Crippen molar-refractivity contribution in [3.8, 4) is 0 Å². The molecule has 0 aliphatic carbocycles. The lowest BCUT2D eigenvalue weighted by atomic mass is 9.91. The smallest absolute Gasteiger partial charge is 0.270 e. The van der Waals surface area contributed by atoms with Gasteiger partial charge in [0.1, 0.15) is 0 Å². The van der Waals surface area contributed by atoms with Crippen LogP contribution in [0.15, 0.2) is 18.2 Å². The van der Waals surface area contributed by atoms with Gasteiger partial charge in [0.15, 0.2) is 0 Å². The molecule has 1 aromatic carbocycles. The summed E-state index contributed by atoms with van der Waals surface area (Å²) in [5.41, 5.74) is 0.930. The minimum absolute atomic E-state index is 0.0598. The summed E-state index contributed by atoms with van der Waals surface area (Å²) in [6.07, 6.45) is 1.11. The molecule has 1 heterocycles. The Bertz CT molecular complexity index is 549. The van der Waals surface area contributed by atoms with Crippen molar-refractivity contribution in [2.24, 2.45) is 11.8 Å². The molecule has 0 radical (unpaired) electrons. The van der Waals surface area contributed by atoms with Crippen molar-refractivity contribution in [3.05, 3.63) is 33.9 Å². The summed E-state index contributed by atoms with van der Waals surface area (Å²) in [5, 5.41) is 13.9. The van der Waals surface area contributed by atoms with E-state index in [0.717, 1.165) is 6.42 Å². The summed E-state index contributed by atoms with van der Waals surface area (Å²) in [4.78, 5) is 25.0. The van der Waals surface area contributed by atoms with Crippen LogP contribution in [-0.2, 0) is 0 Å². The van der Waals surface area contributed by atoms with Crippen molar-refractivity contribution in [2.75, 3.05) is 25.5 Å². The van der Waals surface area contributed by atoms with Gasteiger partial charge in [-0.3, -0.25) is 14.9 Å². The Labute approximate surface area is 124 Å². The topological polar surface area (TPSA) is 75.5 Å². The van der Waals surface area contributed by atoms with E-state index < -0.39 is 4.92 Å². The number of nitrogens with one attached hydrogen (secondary N) is 1. The SMILES string of the molecule is CNc1ccc([N+](=O)[O-])cc1C(=O)N1C[C@@H](C)C[C@H](C)C1. The highest BCUT2D eigenvalue weighted by Gasteiger charge is 2.28. The molecule has 0 spiro atoms. The van der Waals surface area contributed by atoms with E-state index in [2.05, 4.69) is 19.2 Å². The van der Waals surface area contributed by atoms with Gasteiger partial charge in [-0.25, -0.2) is 0 Å². The fraction of sp³-hybridized carbons (Fsp3) is 0.533. The first-order valence-electron chi connectivity index (χ1n) is 7.17. The van der Waals surface area contributed by atoms with Crippen molar-refractivity contribution >= 4 is 17.3 Å². The summed E-state index contributed by atoms with van der Waals surface area (Å²) in [5.74, 6) is 0.769.